The first-order valence-corrected chi connectivity index (χ1v) is 11.9. The number of rotatable bonds is 9. The Labute approximate surface area is 207 Å². The van der Waals surface area contributed by atoms with Gasteiger partial charge in [0.1, 0.15) is 27.9 Å². The van der Waals surface area contributed by atoms with Crippen LogP contribution in [0.1, 0.15) is 96.2 Å². The molecule has 0 saturated heterocycles. The molecule has 188 valence electrons. The first-order chi connectivity index (χ1) is 15.7. The number of ether oxygens (including phenoxy) is 2. The number of hydrogen-bond donors (Lipinski definition) is 1. The summed E-state index contributed by atoms with van der Waals surface area (Å²) in [5, 5.41) is 2.82. The molecule has 2 rings (SSSR count). The van der Waals surface area contributed by atoms with E-state index < -0.39 is 29.4 Å². The summed E-state index contributed by atoms with van der Waals surface area (Å²) in [6.07, 6.45) is 5.87. The lowest BCUT2D eigenvalue weighted by Gasteiger charge is -2.25. The summed E-state index contributed by atoms with van der Waals surface area (Å²) in [7, 11) is 0. The number of carbonyl (C=O) groups is 3. The number of Topliss-reactive ketones (excluding diaryl/α,β-unsaturated/α-hetero) is 1. The summed E-state index contributed by atoms with van der Waals surface area (Å²) < 4.78 is 17.6. The highest BCUT2D eigenvalue weighted by molar-refractivity contribution is 9.10. The number of unbranched alkanes of at least 4 members (excludes halogenated alkanes) is 2. The van der Waals surface area contributed by atoms with Crippen LogP contribution < -0.4 is 5.32 Å². The van der Waals surface area contributed by atoms with Gasteiger partial charge in [0.25, 0.3) is 5.89 Å². The van der Waals surface area contributed by atoms with Gasteiger partial charge in [0.05, 0.1) is 12.2 Å². The minimum absolute atomic E-state index is 0.105. The number of halogens is 1. The molecule has 0 spiro atoms. The summed E-state index contributed by atoms with van der Waals surface area (Å²) in [6, 6.07) is -0.615. The van der Waals surface area contributed by atoms with Crippen LogP contribution in [0.25, 0.3) is 0 Å². The highest BCUT2D eigenvalue weighted by Crippen LogP contribution is 2.24. The van der Waals surface area contributed by atoms with Crippen LogP contribution in [0, 0.1) is 0 Å². The van der Waals surface area contributed by atoms with Crippen molar-refractivity contribution < 1.29 is 28.3 Å². The maximum absolute atomic E-state index is 12.8. The van der Waals surface area contributed by atoms with Gasteiger partial charge in [-0.1, -0.05) is 12.8 Å². The van der Waals surface area contributed by atoms with E-state index in [1.807, 2.05) is 0 Å². The largest absolute Gasteiger partial charge is 0.444 e. The van der Waals surface area contributed by atoms with Crippen molar-refractivity contribution in [2.75, 3.05) is 0 Å². The lowest BCUT2D eigenvalue weighted by atomic mass is 10.1. The standard InChI is InChI=1S/C23H33BrN4O6/c1-22(2,3)33-20(30)26-15(10-8-7-9-11-16(29)19-25-12-13-32-19)18-27-17(24)14-28(18)21(31)34-23(4,5)6/h12-15H,7-11H2,1-6H3,(H,26,30)/t15-/m0/s1. The van der Waals surface area contributed by atoms with Crippen molar-refractivity contribution in [1.82, 2.24) is 19.9 Å². The number of amides is 1. The first kappa shape index (κ1) is 27.6. The van der Waals surface area contributed by atoms with Gasteiger partial charge in [-0.3, -0.25) is 4.79 Å². The molecular formula is C23H33BrN4O6. The average Bonchev–Trinajstić information content (AvgIpc) is 3.33. The molecule has 1 atom stereocenters. The van der Waals surface area contributed by atoms with Crippen molar-refractivity contribution in [3.05, 3.63) is 35.0 Å². The molecule has 1 amide bonds. The minimum atomic E-state index is -0.700. The van der Waals surface area contributed by atoms with Crippen LogP contribution in [0.5, 0.6) is 0 Å². The lowest BCUT2D eigenvalue weighted by molar-refractivity contribution is 0.0470. The molecule has 1 N–H and O–H groups in total. The summed E-state index contributed by atoms with van der Waals surface area (Å²) in [4.78, 5) is 45.6. The van der Waals surface area contributed by atoms with Gasteiger partial charge < -0.3 is 19.2 Å². The van der Waals surface area contributed by atoms with Crippen LogP contribution in [0.4, 0.5) is 9.59 Å². The summed E-state index contributed by atoms with van der Waals surface area (Å²) in [5.41, 5.74) is -1.38. The number of alkyl carbamates (subject to hydrolysis) is 1. The minimum Gasteiger partial charge on any atom is -0.444 e. The van der Waals surface area contributed by atoms with Crippen molar-refractivity contribution in [3.8, 4) is 0 Å². The van der Waals surface area contributed by atoms with Crippen molar-refractivity contribution >= 4 is 33.9 Å². The van der Waals surface area contributed by atoms with Crippen LogP contribution in [0.3, 0.4) is 0 Å². The van der Waals surface area contributed by atoms with Gasteiger partial charge in [-0.25, -0.2) is 24.1 Å². The molecule has 2 heterocycles. The van der Waals surface area contributed by atoms with Crippen molar-refractivity contribution in [2.45, 2.75) is 90.9 Å². The normalized spacial score (nSPS) is 12.8. The average molecular weight is 541 g/mol. The Bertz CT molecular complexity index is 973. The van der Waals surface area contributed by atoms with Crippen LogP contribution >= 0.6 is 15.9 Å². The van der Waals surface area contributed by atoms with Gasteiger partial charge in [-0.05, 0) is 70.3 Å². The molecule has 2 aromatic rings. The van der Waals surface area contributed by atoms with Crippen LogP contribution in [0.2, 0.25) is 0 Å². The number of carbonyl (C=O) groups excluding carboxylic acids is 3. The summed E-state index contributed by atoms with van der Waals surface area (Å²) in [5.74, 6) is 0.273. The number of hydrogen-bond acceptors (Lipinski definition) is 8. The summed E-state index contributed by atoms with van der Waals surface area (Å²) >= 11 is 3.31. The van der Waals surface area contributed by atoms with Gasteiger partial charge in [-0.2, -0.15) is 0 Å². The number of aromatic nitrogens is 3. The van der Waals surface area contributed by atoms with Gasteiger partial charge in [0, 0.05) is 12.6 Å². The Kier molecular flexibility index (Phi) is 9.43. The van der Waals surface area contributed by atoms with Crippen molar-refractivity contribution in [3.63, 3.8) is 0 Å². The predicted octanol–water partition coefficient (Wildman–Crippen LogP) is 5.82. The Morgan fingerprint density at radius 3 is 2.35 bits per heavy atom. The fourth-order valence-corrected chi connectivity index (χ4v) is 3.45. The second-order valence-electron chi connectivity index (χ2n) is 9.83. The Morgan fingerprint density at radius 2 is 1.76 bits per heavy atom. The van der Waals surface area contributed by atoms with E-state index >= 15 is 0 Å². The third-order valence-corrected chi connectivity index (χ3v) is 4.75. The lowest BCUT2D eigenvalue weighted by Crippen LogP contribution is -2.37. The van der Waals surface area contributed by atoms with Gasteiger partial charge in [0.2, 0.25) is 5.78 Å². The molecule has 0 saturated carbocycles. The first-order valence-electron chi connectivity index (χ1n) is 11.2. The fourth-order valence-electron chi connectivity index (χ4n) is 3.06. The van der Waals surface area contributed by atoms with E-state index in [-0.39, 0.29) is 11.7 Å². The molecule has 0 bridgehead atoms. The van der Waals surface area contributed by atoms with E-state index in [0.29, 0.717) is 42.5 Å². The summed E-state index contributed by atoms with van der Waals surface area (Å²) in [6.45, 7) is 10.6. The van der Waals surface area contributed by atoms with Gasteiger partial charge >= 0.3 is 12.2 Å². The molecule has 11 heteroatoms. The van der Waals surface area contributed by atoms with Crippen LogP contribution in [-0.2, 0) is 9.47 Å². The van der Waals surface area contributed by atoms with E-state index in [2.05, 4.69) is 31.2 Å². The monoisotopic (exact) mass is 540 g/mol. The number of nitrogens with zero attached hydrogens (tertiary/aromatic N) is 3. The molecule has 34 heavy (non-hydrogen) atoms. The van der Waals surface area contributed by atoms with E-state index in [0.717, 1.165) is 0 Å². The molecule has 0 aliphatic rings. The number of nitrogens with one attached hydrogen (secondary N) is 1. The zero-order valence-electron chi connectivity index (χ0n) is 20.5. The fraction of sp³-hybridized carbons (Fsp3) is 0.609. The highest BCUT2D eigenvalue weighted by Gasteiger charge is 2.28. The van der Waals surface area contributed by atoms with E-state index in [4.69, 9.17) is 13.9 Å². The third kappa shape index (κ3) is 9.28. The van der Waals surface area contributed by atoms with E-state index in [1.54, 1.807) is 41.5 Å². The molecule has 0 fully saturated rings. The molecule has 0 aliphatic carbocycles. The number of oxazole rings is 1. The maximum atomic E-state index is 12.8. The van der Waals surface area contributed by atoms with Gasteiger partial charge in [-0.15, -0.1) is 0 Å². The third-order valence-electron chi connectivity index (χ3n) is 4.36. The molecule has 0 unspecified atom stereocenters. The molecule has 10 nitrogen and oxygen atoms in total. The van der Waals surface area contributed by atoms with Crippen molar-refractivity contribution in [2.24, 2.45) is 0 Å². The second-order valence-corrected chi connectivity index (χ2v) is 10.6. The number of imidazole rings is 1. The Balaban J connectivity index is 2.09. The van der Waals surface area contributed by atoms with E-state index in [9.17, 15) is 14.4 Å². The van der Waals surface area contributed by atoms with E-state index in [1.165, 1.54) is 23.2 Å². The zero-order valence-corrected chi connectivity index (χ0v) is 22.1. The van der Waals surface area contributed by atoms with Crippen LogP contribution in [0.15, 0.2) is 27.7 Å². The smallest absolute Gasteiger partial charge is 0.420 e. The van der Waals surface area contributed by atoms with Crippen LogP contribution in [-0.4, -0.2) is 43.7 Å². The zero-order chi connectivity index (χ0) is 25.5. The molecule has 2 aromatic heterocycles. The molecular weight excluding hydrogens is 508 g/mol. The van der Waals surface area contributed by atoms with Gasteiger partial charge in [0.15, 0.2) is 0 Å². The quantitative estimate of drug-likeness (QED) is 0.311. The Hall–Kier alpha value is -2.69. The van der Waals surface area contributed by atoms with Crippen molar-refractivity contribution in [1.29, 1.82) is 0 Å². The maximum Gasteiger partial charge on any atom is 0.420 e. The molecule has 0 radical (unpaired) electrons. The second kappa shape index (κ2) is 11.6. The number of ketones is 1. The molecule has 0 aromatic carbocycles. The SMILES string of the molecule is CC(C)(C)OC(=O)N[C@@H](CCCCCC(=O)c1ncco1)c1nc(Br)cn1C(=O)OC(C)(C)C. The Morgan fingerprint density at radius 1 is 1.09 bits per heavy atom. The predicted molar refractivity (Wildman–Crippen MR) is 128 cm³/mol. The highest BCUT2D eigenvalue weighted by atomic mass is 79.9. The molecule has 0 aliphatic heterocycles. The topological polar surface area (TPSA) is 126 Å².